The number of hydrogen-bond donors (Lipinski definition) is 1. The summed E-state index contributed by atoms with van der Waals surface area (Å²) in [7, 11) is 0. The third-order valence-electron chi connectivity index (χ3n) is 3.76. The first kappa shape index (κ1) is 17.9. The summed E-state index contributed by atoms with van der Waals surface area (Å²) in [6.07, 6.45) is 0. The van der Waals surface area contributed by atoms with Crippen molar-refractivity contribution in [3.63, 3.8) is 0 Å². The Balaban J connectivity index is 1.74. The number of non-ortho nitro benzene ring substituents is 1. The van der Waals surface area contributed by atoms with Gasteiger partial charge in [0.2, 0.25) is 11.8 Å². The number of hydrogen-bond acceptors (Lipinski definition) is 5. The van der Waals surface area contributed by atoms with Gasteiger partial charge in [-0.25, -0.2) is 4.39 Å². The van der Waals surface area contributed by atoms with Crippen LogP contribution < -0.4 is 5.32 Å². The number of nitrogens with zero attached hydrogens (tertiary/aromatic N) is 2. The van der Waals surface area contributed by atoms with Crippen LogP contribution in [0.25, 0.3) is 0 Å². The van der Waals surface area contributed by atoms with Crippen LogP contribution in [-0.4, -0.2) is 33.9 Å². The second kappa shape index (κ2) is 7.52. The van der Waals surface area contributed by atoms with E-state index in [1.54, 1.807) is 18.2 Å². The Bertz CT molecular complexity index is 877. The Hall–Kier alpha value is -2.94. The first-order valence-electron chi connectivity index (χ1n) is 7.65. The molecular formula is C17H14FN3O4S. The zero-order valence-corrected chi connectivity index (χ0v) is 14.2. The fourth-order valence-corrected chi connectivity index (χ4v) is 3.79. The van der Waals surface area contributed by atoms with Gasteiger partial charge in [-0.3, -0.25) is 19.7 Å². The first-order valence-corrected chi connectivity index (χ1v) is 8.70. The minimum atomic E-state index is -0.508. The number of carbonyl (C=O) groups excluding carboxylic acids is 2. The van der Waals surface area contributed by atoms with E-state index in [9.17, 15) is 24.1 Å². The van der Waals surface area contributed by atoms with E-state index in [2.05, 4.69) is 5.32 Å². The third kappa shape index (κ3) is 3.99. The molecule has 0 aliphatic carbocycles. The molecule has 9 heteroatoms. The summed E-state index contributed by atoms with van der Waals surface area (Å²) in [5, 5.41) is 13.0. The smallest absolute Gasteiger partial charge is 0.269 e. The Kier molecular flexibility index (Phi) is 5.17. The van der Waals surface area contributed by atoms with Gasteiger partial charge in [-0.15, -0.1) is 11.8 Å². The van der Waals surface area contributed by atoms with Gasteiger partial charge in [-0.05, 0) is 23.8 Å². The predicted molar refractivity (Wildman–Crippen MR) is 95.0 cm³/mol. The molecule has 7 nitrogen and oxygen atoms in total. The fourth-order valence-electron chi connectivity index (χ4n) is 2.61. The molecule has 0 aromatic heterocycles. The van der Waals surface area contributed by atoms with Crippen molar-refractivity contribution in [2.75, 3.05) is 17.6 Å². The number of benzene rings is 2. The van der Waals surface area contributed by atoms with Gasteiger partial charge in [-0.1, -0.05) is 18.2 Å². The lowest BCUT2D eigenvalue weighted by Crippen LogP contribution is -2.36. The van der Waals surface area contributed by atoms with Crippen molar-refractivity contribution in [3.8, 4) is 0 Å². The van der Waals surface area contributed by atoms with E-state index in [-0.39, 0.29) is 23.9 Å². The van der Waals surface area contributed by atoms with Crippen LogP contribution in [0.5, 0.6) is 0 Å². The molecule has 1 aliphatic rings. The predicted octanol–water partition coefficient (Wildman–Crippen LogP) is 2.95. The van der Waals surface area contributed by atoms with Crippen molar-refractivity contribution < 1.29 is 18.9 Å². The highest BCUT2D eigenvalue weighted by Crippen LogP contribution is 2.39. The maximum Gasteiger partial charge on any atom is 0.269 e. The van der Waals surface area contributed by atoms with Crippen molar-refractivity contribution in [2.24, 2.45) is 0 Å². The topological polar surface area (TPSA) is 92.5 Å². The van der Waals surface area contributed by atoms with Crippen molar-refractivity contribution in [1.29, 1.82) is 0 Å². The van der Waals surface area contributed by atoms with Gasteiger partial charge in [0.1, 0.15) is 17.7 Å². The van der Waals surface area contributed by atoms with Crippen molar-refractivity contribution in [3.05, 3.63) is 70.0 Å². The lowest BCUT2D eigenvalue weighted by Gasteiger charge is -2.23. The number of nitro groups is 1. The van der Waals surface area contributed by atoms with E-state index in [1.165, 1.54) is 47.0 Å². The number of carbonyl (C=O) groups is 2. The maximum atomic E-state index is 13.2. The first-order chi connectivity index (χ1) is 12.4. The molecule has 0 bridgehead atoms. The molecule has 2 aromatic rings. The van der Waals surface area contributed by atoms with Crippen LogP contribution in [0.3, 0.4) is 0 Å². The Morgan fingerprint density at radius 1 is 1.31 bits per heavy atom. The number of rotatable bonds is 5. The fraction of sp³-hybridized carbons (Fsp3) is 0.176. The van der Waals surface area contributed by atoms with Crippen LogP contribution in [0.2, 0.25) is 0 Å². The number of thioether (sulfide) groups is 1. The van der Waals surface area contributed by atoms with Gasteiger partial charge in [0.15, 0.2) is 0 Å². The molecule has 1 fully saturated rings. The molecule has 1 N–H and O–H groups in total. The number of nitrogens with one attached hydrogen (secondary N) is 1. The molecular weight excluding hydrogens is 361 g/mol. The summed E-state index contributed by atoms with van der Waals surface area (Å²) < 4.78 is 13.2. The number of nitro benzene ring substituents is 1. The van der Waals surface area contributed by atoms with Crippen molar-refractivity contribution in [1.82, 2.24) is 4.90 Å². The van der Waals surface area contributed by atoms with Crippen LogP contribution in [0.15, 0.2) is 48.5 Å². The van der Waals surface area contributed by atoms with Crippen molar-refractivity contribution in [2.45, 2.75) is 5.37 Å². The summed E-state index contributed by atoms with van der Waals surface area (Å²) >= 11 is 1.30. The molecule has 1 unspecified atom stereocenters. The van der Waals surface area contributed by atoms with Gasteiger partial charge in [-0.2, -0.15) is 0 Å². The Morgan fingerprint density at radius 3 is 2.81 bits per heavy atom. The van der Waals surface area contributed by atoms with E-state index in [4.69, 9.17) is 0 Å². The van der Waals surface area contributed by atoms with Gasteiger partial charge < -0.3 is 10.2 Å². The zero-order chi connectivity index (χ0) is 18.7. The minimum Gasteiger partial charge on any atom is -0.324 e. The average molecular weight is 375 g/mol. The zero-order valence-electron chi connectivity index (χ0n) is 13.4. The molecule has 26 heavy (non-hydrogen) atoms. The second-order valence-corrected chi connectivity index (χ2v) is 6.66. The lowest BCUT2D eigenvalue weighted by atomic mass is 10.2. The van der Waals surface area contributed by atoms with E-state index >= 15 is 0 Å². The van der Waals surface area contributed by atoms with E-state index in [1.807, 2.05) is 0 Å². The van der Waals surface area contributed by atoms with E-state index < -0.39 is 22.0 Å². The van der Waals surface area contributed by atoms with Gasteiger partial charge in [0, 0.05) is 17.8 Å². The monoisotopic (exact) mass is 375 g/mol. The van der Waals surface area contributed by atoms with Crippen LogP contribution in [-0.2, 0) is 9.59 Å². The molecule has 0 radical (unpaired) electrons. The normalized spacial score (nSPS) is 16.6. The number of amides is 2. The molecule has 134 valence electrons. The standard InChI is InChI=1S/C17H14FN3O4S/c18-12-4-2-5-13(8-12)19-15(22)9-20-16(23)10-26-17(20)11-3-1-6-14(7-11)21(24)25/h1-8,17H,9-10H2,(H,19,22). The van der Waals surface area contributed by atoms with Gasteiger partial charge in [0.05, 0.1) is 10.7 Å². The molecule has 0 spiro atoms. The number of halogens is 1. The van der Waals surface area contributed by atoms with Crippen LogP contribution >= 0.6 is 11.8 Å². The Morgan fingerprint density at radius 2 is 2.08 bits per heavy atom. The molecule has 2 amide bonds. The van der Waals surface area contributed by atoms with Gasteiger partial charge >= 0.3 is 0 Å². The lowest BCUT2D eigenvalue weighted by molar-refractivity contribution is -0.384. The van der Waals surface area contributed by atoms with Crippen LogP contribution in [0.1, 0.15) is 10.9 Å². The minimum absolute atomic E-state index is 0.0772. The quantitative estimate of drug-likeness (QED) is 0.641. The molecule has 3 rings (SSSR count). The largest absolute Gasteiger partial charge is 0.324 e. The molecule has 1 atom stereocenters. The molecule has 1 aliphatic heterocycles. The third-order valence-corrected chi connectivity index (χ3v) is 5.01. The molecule has 2 aromatic carbocycles. The van der Waals surface area contributed by atoms with Gasteiger partial charge in [0.25, 0.3) is 5.69 Å². The Labute approximate surface area is 152 Å². The highest BCUT2D eigenvalue weighted by Gasteiger charge is 2.34. The summed E-state index contributed by atoms with van der Waals surface area (Å²) in [5.74, 6) is -1.01. The SMILES string of the molecule is O=C(CN1C(=O)CSC1c1cccc([N+](=O)[O-])c1)Nc1cccc(F)c1. The summed E-state index contributed by atoms with van der Waals surface area (Å²) in [4.78, 5) is 36.2. The molecule has 0 saturated carbocycles. The number of anilines is 1. The summed E-state index contributed by atoms with van der Waals surface area (Å²) in [6, 6.07) is 11.4. The summed E-state index contributed by atoms with van der Waals surface area (Å²) in [5.41, 5.74) is 0.793. The summed E-state index contributed by atoms with van der Waals surface area (Å²) in [6.45, 7) is -0.226. The molecule has 1 heterocycles. The molecule has 1 saturated heterocycles. The maximum absolute atomic E-state index is 13.2. The van der Waals surface area contributed by atoms with Crippen LogP contribution in [0, 0.1) is 15.9 Å². The highest BCUT2D eigenvalue weighted by molar-refractivity contribution is 8.00. The van der Waals surface area contributed by atoms with Crippen molar-refractivity contribution >= 4 is 35.0 Å². The second-order valence-electron chi connectivity index (χ2n) is 5.60. The van der Waals surface area contributed by atoms with E-state index in [0.29, 0.717) is 11.3 Å². The average Bonchev–Trinajstić information content (AvgIpc) is 2.95. The van der Waals surface area contributed by atoms with E-state index in [0.717, 1.165) is 0 Å². The highest BCUT2D eigenvalue weighted by atomic mass is 32.2. The van der Waals surface area contributed by atoms with Crippen LogP contribution in [0.4, 0.5) is 15.8 Å².